The summed E-state index contributed by atoms with van der Waals surface area (Å²) in [6, 6.07) is 9.44. The van der Waals surface area contributed by atoms with Gasteiger partial charge in [0.05, 0.1) is 17.7 Å². The first kappa shape index (κ1) is 19.7. The second-order valence-electron chi connectivity index (χ2n) is 5.64. The SMILES string of the molecule is COc1ccc(CNC(=O)c2cc(NC(=O)c3ccc(Cl)cc3Cl)n[nH]2)cn1. The van der Waals surface area contributed by atoms with Crippen molar-refractivity contribution in [1.82, 2.24) is 20.5 Å². The summed E-state index contributed by atoms with van der Waals surface area (Å²) in [7, 11) is 1.53. The minimum absolute atomic E-state index is 0.187. The molecule has 28 heavy (non-hydrogen) atoms. The molecule has 0 saturated heterocycles. The van der Waals surface area contributed by atoms with E-state index in [4.69, 9.17) is 27.9 Å². The smallest absolute Gasteiger partial charge is 0.269 e. The fourth-order valence-electron chi connectivity index (χ4n) is 2.27. The third kappa shape index (κ3) is 4.79. The molecule has 144 valence electrons. The van der Waals surface area contributed by atoms with Crippen molar-refractivity contribution >= 4 is 40.8 Å². The van der Waals surface area contributed by atoms with Crippen LogP contribution in [0.3, 0.4) is 0 Å². The Kier molecular flexibility index (Phi) is 6.13. The predicted molar refractivity (Wildman–Crippen MR) is 105 cm³/mol. The number of hydrogen-bond donors (Lipinski definition) is 3. The molecule has 0 saturated carbocycles. The van der Waals surface area contributed by atoms with Crippen LogP contribution < -0.4 is 15.4 Å². The number of aromatic amines is 1. The third-order valence-electron chi connectivity index (χ3n) is 3.70. The quantitative estimate of drug-likeness (QED) is 0.567. The molecule has 0 bridgehead atoms. The van der Waals surface area contributed by atoms with Crippen LogP contribution in [0.15, 0.2) is 42.6 Å². The third-order valence-corrected chi connectivity index (χ3v) is 4.25. The van der Waals surface area contributed by atoms with Crippen molar-refractivity contribution in [2.45, 2.75) is 6.54 Å². The van der Waals surface area contributed by atoms with Gasteiger partial charge in [-0.1, -0.05) is 29.3 Å². The number of hydrogen-bond acceptors (Lipinski definition) is 5. The highest BCUT2D eigenvalue weighted by Gasteiger charge is 2.15. The van der Waals surface area contributed by atoms with E-state index in [1.165, 1.54) is 25.3 Å². The Morgan fingerprint density at radius 2 is 1.96 bits per heavy atom. The van der Waals surface area contributed by atoms with Crippen molar-refractivity contribution in [2.75, 3.05) is 12.4 Å². The van der Waals surface area contributed by atoms with E-state index in [2.05, 4.69) is 25.8 Å². The standard InChI is InChI=1S/C18H15Cl2N5O3/c1-28-16-5-2-10(8-21-16)9-22-18(27)14-7-15(25-24-14)23-17(26)12-4-3-11(19)6-13(12)20/h2-8H,9H2,1H3,(H,22,27)(H2,23,24,25,26). The first-order valence-electron chi connectivity index (χ1n) is 8.05. The summed E-state index contributed by atoms with van der Waals surface area (Å²) in [6.07, 6.45) is 1.60. The molecule has 0 aliphatic carbocycles. The second-order valence-corrected chi connectivity index (χ2v) is 6.48. The molecule has 0 spiro atoms. The lowest BCUT2D eigenvalue weighted by molar-refractivity contribution is 0.0945. The molecule has 2 aromatic heterocycles. The van der Waals surface area contributed by atoms with Crippen LogP contribution in [0.1, 0.15) is 26.4 Å². The molecule has 0 aliphatic rings. The molecule has 2 amide bonds. The minimum Gasteiger partial charge on any atom is -0.481 e. The predicted octanol–water partition coefficient (Wildman–Crippen LogP) is 3.30. The minimum atomic E-state index is -0.468. The van der Waals surface area contributed by atoms with Gasteiger partial charge < -0.3 is 15.4 Å². The van der Waals surface area contributed by atoms with E-state index in [0.717, 1.165) is 5.56 Å². The number of rotatable bonds is 6. The Labute approximate surface area is 170 Å². The number of benzene rings is 1. The van der Waals surface area contributed by atoms with Crippen LogP contribution in [0.5, 0.6) is 5.88 Å². The molecule has 3 rings (SSSR count). The summed E-state index contributed by atoms with van der Waals surface area (Å²) >= 11 is 11.8. The van der Waals surface area contributed by atoms with Gasteiger partial charge in [-0.2, -0.15) is 5.10 Å². The Hall–Kier alpha value is -3.10. The number of H-pyrrole nitrogens is 1. The molecule has 0 atom stereocenters. The number of nitrogens with one attached hydrogen (secondary N) is 3. The molecule has 3 N–H and O–H groups in total. The Bertz CT molecular complexity index is 1000. The van der Waals surface area contributed by atoms with E-state index in [1.54, 1.807) is 24.4 Å². The Balaban J connectivity index is 1.59. The van der Waals surface area contributed by atoms with Gasteiger partial charge in [-0.15, -0.1) is 0 Å². The maximum atomic E-state index is 12.3. The highest BCUT2D eigenvalue weighted by Crippen LogP contribution is 2.22. The van der Waals surface area contributed by atoms with Gasteiger partial charge >= 0.3 is 0 Å². The number of halogens is 2. The molecule has 1 aromatic carbocycles. The Morgan fingerprint density at radius 3 is 2.64 bits per heavy atom. The molecule has 10 heteroatoms. The van der Waals surface area contributed by atoms with E-state index in [-0.39, 0.29) is 34.5 Å². The molecule has 0 radical (unpaired) electrons. The number of nitrogens with zero attached hydrogens (tertiary/aromatic N) is 2. The normalized spacial score (nSPS) is 10.4. The van der Waals surface area contributed by atoms with Gasteiger partial charge in [-0.3, -0.25) is 14.7 Å². The number of methoxy groups -OCH3 is 1. The van der Waals surface area contributed by atoms with Gasteiger partial charge in [0, 0.05) is 29.9 Å². The number of carbonyl (C=O) groups is 2. The van der Waals surface area contributed by atoms with E-state index in [1.807, 2.05) is 0 Å². The van der Waals surface area contributed by atoms with Crippen molar-refractivity contribution in [1.29, 1.82) is 0 Å². The summed E-state index contributed by atoms with van der Waals surface area (Å²) in [5, 5.41) is 12.4. The second kappa shape index (κ2) is 8.73. The van der Waals surface area contributed by atoms with E-state index in [0.29, 0.717) is 10.9 Å². The molecular weight excluding hydrogens is 405 g/mol. The van der Waals surface area contributed by atoms with Crippen molar-refractivity contribution in [3.05, 3.63) is 69.5 Å². The summed E-state index contributed by atoms with van der Waals surface area (Å²) in [4.78, 5) is 28.6. The molecule has 3 aromatic rings. The molecule has 8 nitrogen and oxygen atoms in total. The average molecular weight is 420 g/mol. The van der Waals surface area contributed by atoms with Gasteiger partial charge in [-0.25, -0.2) is 4.98 Å². The largest absolute Gasteiger partial charge is 0.481 e. The van der Waals surface area contributed by atoms with Crippen molar-refractivity contribution in [3.63, 3.8) is 0 Å². The van der Waals surface area contributed by atoms with E-state index in [9.17, 15) is 9.59 Å². The van der Waals surface area contributed by atoms with Crippen LogP contribution in [-0.4, -0.2) is 34.1 Å². The van der Waals surface area contributed by atoms with Gasteiger partial charge in [0.25, 0.3) is 11.8 Å². The highest BCUT2D eigenvalue weighted by molar-refractivity contribution is 6.37. The van der Waals surface area contributed by atoms with E-state index >= 15 is 0 Å². The Morgan fingerprint density at radius 1 is 1.14 bits per heavy atom. The number of amides is 2. The van der Waals surface area contributed by atoms with Gasteiger partial charge in [0.2, 0.25) is 5.88 Å². The van der Waals surface area contributed by atoms with Gasteiger partial charge in [0.15, 0.2) is 5.82 Å². The molecule has 0 fully saturated rings. The zero-order chi connectivity index (χ0) is 20.1. The van der Waals surface area contributed by atoms with E-state index < -0.39 is 5.91 Å². The first-order valence-corrected chi connectivity index (χ1v) is 8.81. The molecular formula is C18H15Cl2N5O3. The number of aromatic nitrogens is 3. The van der Waals surface area contributed by atoms with Crippen molar-refractivity contribution in [2.24, 2.45) is 0 Å². The maximum Gasteiger partial charge on any atom is 0.269 e. The number of carbonyl (C=O) groups excluding carboxylic acids is 2. The van der Waals surface area contributed by atoms with Gasteiger partial charge in [-0.05, 0) is 23.8 Å². The fourth-order valence-corrected chi connectivity index (χ4v) is 2.77. The van der Waals surface area contributed by atoms with Crippen LogP contribution in [-0.2, 0) is 6.54 Å². The van der Waals surface area contributed by atoms with Crippen LogP contribution >= 0.6 is 23.2 Å². The average Bonchev–Trinajstić information content (AvgIpc) is 3.15. The monoisotopic (exact) mass is 419 g/mol. The number of pyridine rings is 1. The van der Waals surface area contributed by atoms with Crippen LogP contribution in [0.4, 0.5) is 5.82 Å². The summed E-state index contributed by atoms with van der Waals surface area (Å²) in [6.45, 7) is 0.275. The van der Waals surface area contributed by atoms with Crippen LogP contribution in [0.25, 0.3) is 0 Å². The van der Waals surface area contributed by atoms with Crippen LogP contribution in [0, 0.1) is 0 Å². The fraction of sp³-hybridized carbons (Fsp3) is 0.111. The van der Waals surface area contributed by atoms with Crippen molar-refractivity contribution in [3.8, 4) is 5.88 Å². The lowest BCUT2D eigenvalue weighted by Crippen LogP contribution is -2.23. The topological polar surface area (TPSA) is 109 Å². The highest BCUT2D eigenvalue weighted by atomic mass is 35.5. The maximum absolute atomic E-state index is 12.3. The molecule has 0 aliphatic heterocycles. The molecule has 0 unspecified atom stereocenters. The van der Waals surface area contributed by atoms with Crippen molar-refractivity contribution < 1.29 is 14.3 Å². The summed E-state index contributed by atoms with van der Waals surface area (Å²) in [5.74, 6) is -0.171. The summed E-state index contributed by atoms with van der Waals surface area (Å²) in [5.41, 5.74) is 1.24. The number of ether oxygens (including phenoxy) is 1. The zero-order valence-electron chi connectivity index (χ0n) is 14.6. The van der Waals surface area contributed by atoms with Crippen LogP contribution in [0.2, 0.25) is 10.0 Å². The number of anilines is 1. The molecule has 2 heterocycles. The zero-order valence-corrected chi connectivity index (χ0v) is 16.1. The van der Waals surface area contributed by atoms with Gasteiger partial charge in [0.1, 0.15) is 5.69 Å². The first-order chi connectivity index (χ1) is 13.5. The lowest BCUT2D eigenvalue weighted by Gasteiger charge is -2.05. The summed E-state index contributed by atoms with van der Waals surface area (Å²) < 4.78 is 4.98. The lowest BCUT2D eigenvalue weighted by atomic mass is 10.2.